The highest BCUT2D eigenvalue weighted by molar-refractivity contribution is 5.55. The molecular weight excluding hydrogens is 280 g/mol. The van der Waals surface area contributed by atoms with E-state index >= 15 is 0 Å². The second-order valence-electron chi connectivity index (χ2n) is 4.80. The van der Waals surface area contributed by atoms with Crippen LogP contribution in [0.3, 0.4) is 0 Å². The second-order valence-corrected chi connectivity index (χ2v) is 4.80. The largest absolute Gasteiger partial charge is 0.467 e. The van der Waals surface area contributed by atoms with Gasteiger partial charge in [0.05, 0.1) is 12.8 Å². The lowest BCUT2D eigenvalue weighted by Crippen LogP contribution is -2.10. The summed E-state index contributed by atoms with van der Waals surface area (Å²) in [6.45, 7) is 2.53. The summed E-state index contributed by atoms with van der Waals surface area (Å²) >= 11 is 0. The first-order valence-corrected chi connectivity index (χ1v) is 7.07. The van der Waals surface area contributed by atoms with Gasteiger partial charge in [-0.15, -0.1) is 0 Å². The Labute approximate surface area is 127 Å². The SMILES string of the molecule is CCc1cc(=O)[nH]c(-c2ccc(NCc3ccco3)nc2)n1. The Hall–Kier alpha value is -2.89. The van der Waals surface area contributed by atoms with E-state index in [0.29, 0.717) is 18.8 Å². The van der Waals surface area contributed by atoms with Crippen molar-refractivity contribution >= 4 is 5.82 Å². The number of hydrogen-bond acceptors (Lipinski definition) is 5. The summed E-state index contributed by atoms with van der Waals surface area (Å²) in [5.41, 5.74) is 1.39. The van der Waals surface area contributed by atoms with E-state index in [1.54, 1.807) is 12.5 Å². The van der Waals surface area contributed by atoms with E-state index in [9.17, 15) is 4.79 Å². The highest BCUT2D eigenvalue weighted by Crippen LogP contribution is 2.15. The standard InChI is InChI=1S/C16H16N4O2/c1-2-12-8-15(21)20-16(19-12)11-5-6-14(17-9-11)18-10-13-4-3-7-22-13/h3-9H,2,10H2,1H3,(H,17,18)(H,19,20,21). The van der Waals surface area contributed by atoms with Crippen molar-refractivity contribution < 1.29 is 4.42 Å². The minimum atomic E-state index is -0.151. The van der Waals surface area contributed by atoms with Gasteiger partial charge in [0.1, 0.15) is 17.4 Å². The van der Waals surface area contributed by atoms with Crippen molar-refractivity contribution in [3.8, 4) is 11.4 Å². The maximum atomic E-state index is 11.6. The molecule has 0 aromatic carbocycles. The molecule has 0 saturated carbocycles. The molecule has 0 atom stereocenters. The minimum Gasteiger partial charge on any atom is -0.467 e. The smallest absolute Gasteiger partial charge is 0.251 e. The summed E-state index contributed by atoms with van der Waals surface area (Å²) in [5, 5.41) is 3.16. The summed E-state index contributed by atoms with van der Waals surface area (Å²) in [6.07, 6.45) is 4.03. The van der Waals surface area contributed by atoms with E-state index in [0.717, 1.165) is 22.8 Å². The first kappa shape index (κ1) is 14.1. The molecule has 3 heterocycles. The van der Waals surface area contributed by atoms with Crippen molar-refractivity contribution in [1.29, 1.82) is 0 Å². The van der Waals surface area contributed by atoms with Gasteiger partial charge in [-0.3, -0.25) is 4.79 Å². The first-order valence-electron chi connectivity index (χ1n) is 7.07. The number of H-pyrrole nitrogens is 1. The van der Waals surface area contributed by atoms with Crippen LogP contribution in [0.4, 0.5) is 5.82 Å². The molecule has 0 amide bonds. The molecule has 0 radical (unpaired) electrons. The van der Waals surface area contributed by atoms with E-state index in [-0.39, 0.29) is 5.56 Å². The number of hydrogen-bond donors (Lipinski definition) is 2. The number of nitrogens with zero attached hydrogens (tertiary/aromatic N) is 2. The summed E-state index contributed by atoms with van der Waals surface area (Å²) in [5.74, 6) is 2.11. The van der Waals surface area contributed by atoms with Gasteiger partial charge in [-0.2, -0.15) is 0 Å². The molecule has 22 heavy (non-hydrogen) atoms. The van der Waals surface area contributed by atoms with E-state index in [1.807, 2.05) is 31.2 Å². The number of aromatic amines is 1. The number of pyridine rings is 1. The fraction of sp³-hybridized carbons (Fsp3) is 0.188. The molecule has 2 N–H and O–H groups in total. The highest BCUT2D eigenvalue weighted by atomic mass is 16.3. The van der Waals surface area contributed by atoms with Crippen LogP contribution < -0.4 is 10.9 Å². The molecule has 3 rings (SSSR count). The third-order valence-electron chi connectivity index (χ3n) is 3.22. The van der Waals surface area contributed by atoms with Gasteiger partial charge in [0.15, 0.2) is 0 Å². The zero-order valence-electron chi connectivity index (χ0n) is 12.2. The normalized spacial score (nSPS) is 10.6. The molecule has 0 aliphatic carbocycles. The number of nitrogens with one attached hydrogen (secondary N) is 2. The van der Waals surface area contributed by atoms with Crippen LogP contribution in [0.25, 0.3) is 11.4 Å². The van der Waals surface area contributed by atoms with Gasteiger partial charge in [-0.05, 0) is 30.7 Å². The first-order chi connectivity index (χ1) is 10.7. The Bertz CT molecular complexity index is 792. The predicted octanol–water partition coefficient (Wildman–Crippen LogP) is 2.60. The fourth-order valence-corrected chi connectivity index (χ4v) is 2.06. The number of rotatable bonds is 5. The van der Waals surface area contributed by atoms with Crippen molar-refractivity contribution in [2.45, 2.75) is 19.9 Å². The van der Waals surface area contributed by atoms with Gasteiger partial charge in [-0.1, -0.05) is 6.92 Å². The van der Waals surface area contributed by atoms with Crippen LogP contribution in [-0.2, 0) is 13.0 Å². The summed E-state index contributed by atoms with van der Waals surface area (Å²) in [6, 6.07) is 8.96. The molecule has 0 bridgehead atoms. The number of aromatic nitrogens is 3. The van der Waals surface area contributed by atoms with Gasteiger partial charge in [0, 0.05) is 23.5 Å². The summed E-state index contributed by atoms with van der Waals surface area (Å²) < 4.78 is 5.25. The van der Waals surface area contributed by atoms with Gasteiger partial charge < -0.3 is 14.7 Å². The van der Waals surface area contributed by atoms with E-state index in [1.165, 1.54) is 6.07 Å². The zero-order valence-corrected chi connectivity index (χ0v) is 12.2. The fourth-order valence-electron chi connectivity index (χ4n) is 2.06. The molecule has 6 heteroatoms. The van der Waals surface area contributed by atoms with Crippen LogP contribution in [0, 0.1) is 0 Å². The van der Waals surface area contributed by atoms with E-state index in [4.69, 9.17) is 4.42 Å². The highest BCUT2D eigenvalue weighted by Gasteiger charge is 2.04. The van der Waals surface area contributed by atoms with Gasteiger partial charge in [0.25, 0.3) is 5.56 Å². The maximum Gasteiger partial charge on any atom is 0.251 e. The molecule has 0 saturated heterocycles. The molecule has 3 aromatic heterocycles. The molecular formula is C16H16N4O2. The molecule has 112 valence electrons. The summed E-state index contributed by atoms with van der Waals surface area (Å²) in [4.78, 5) is 23.1. The van der Waals surface area contributed by atoms with Crippen LogP contribution in [0.2, 0.25) is 0 Å². The van der Waals surface area contributed by atoms with Crippen LogP contribution in [0.15, 0.2) is 52.0 Å². The van der Waals surface area contributed by atoms with Crippen molar-refractivity contribution in [1.82, 2.24) is 15.0 Å². The lowest BCUT2D eigenvalue weighted by molar-refractivity contribution is 0.518. The zero-order chi connectivity index (χ0) is 15.4. The number of aryl methyl sites for hydroxylation is 1. The van der Waals surface area contributed by atoms with Crippen LogP contribution in [-0.4, -0.2) is 15.0 Å². The lowest BCUT2D eigenvalue weighted by atomic mass is 10.2. The quantitative estimate of drug-likeness (QED) is 0.756. The molecule has 0 aliphatic rings. The van der Waals surface area contributed by atoms with Crippen LogP contribution >= 0.6 is 0 Å². The number of anilines is 1. The Morgan fingerprint density at radius 1 is 1.32 bits per heavy atom. The van der Waals surface area contributed by atoms with Crippen LogP contribution in [0.1, 0.15) is 18.4 Å². The van der Waals surface area contributed by atoms with Crippen molar-refractivity contribution in [2.75, 3.05) is 5.32 Å². The Kier molecular flexibility index (Phi) is 4.00. The Morgan fingerprint density at radius 2 is 2.23 bits per heavy atom. The lowest BCUT2D eigenvalue weighted by Gasteiger charge is -2.06. The van der Waals surface area contributed by atoms with Gasteiger partial charge in [0.2, 0.25) is 0 Å². The third kappa shape index (κ3) is 3.22. The predicted molar refractivity (Wildman–Crippen MR) is 83.5 cm³/mol. The van der Waals surface area contributed by atoms with Crippen LogP contribution in [0.5, 0.6) is 0 Å². The molecule has 0 fully saturated rings. The third-order valence-corrected chi connectivity index (χ3v) is 3.22. The molecule has 6 nitrogen and oxygen atoms in total. The second kappa shape index (κ2) is 6.26. The topological polar surface area (TPSA) is 83.8 Å². The monoisotopic (exact) mass is 296 g/mol. The molecule has 0 aliphatic heterocycles. The Morgan fingerprint density at radius 3 is 2.91 bits per heavy atom. The maximum absolute atomic E-state index is 11.6. The Balaban J connectivity index is 1.76. The van der Waals surface area contributed by atoms with Gasteiger partial charge >= 0.3 is 0 Å². The van der Waals surface area contributed by atoms with Crippen molar-refractivity contribution in [2.24, 2.45) is 0 Å². The number of furan rings is 1. The van der Waals surface area contributed by atoms with E-state index in [2.05, 4.69) is 20.3 Å². The minimum absolute atomic E-state index is 0.151. The van der Waals surface area contributed by atoms with Crippen molar-refractivity contribution in [3.05, 3.63) is 64.6 Å². The molecule has 3 aromatic rings. The average molecular weight is 296 g/mol. The molecule has 0 unspecified atom stereocenters. The van der Waals surface area contributed by atoms with Crippen molar-refractivity contribution in [3.63, 3.8) is 0 Å². The van der Waals surface area contributed by atoms with E-state index < -0.39 is 0 Å². The average Bonchev–Trinajstić information content (AvgIpc) is 3.06. The van der Waals surface area contributed by atoms with Gasteiger partial charge in [-0.25, -0.2) is 9.97 Å². The summed E-state index contributed by atoms with van der Waals surface area (Å²) in [7, 11) is 0. The molecule has 0 spiro atoms.